The van der Waals surface area contributed by atoms with Gasteiger partial charge in [0.25, 0.3) is 0 Å². The summed E-state index contributed by atoms with van der Waals surface area (Å²) in [7, 11) is 1.42. The zero-order valence-corrected chi connectivity index (χ0v) is 8.56. The molecule has 0 fully saturated rings. The Balaban J connectivity index is 2.87. The van der Waals surface area contributed by atoms with Gasteiger partial charge in [-0.2, -0.15) is 0 Å². The lowest BCUT2D eigenvalue weighted by Crippen LogP contribution is -2.17. The molecule has 0 amide bonds. The number of anilines is 1. The van der Waals surface area contributed by atoms with Crippen molar-refractivity contribution in [1.29, 1.82) is 0 Å². The summed E-state index contributed by atoms with van der Waals surface area (Å²) in [5, 5.41) is 9.28. The maximum absolute atomic E-state index is 11.5. The Morgan fingerprint density at radius 1 is 1.53 bits per heavy atom. The van der Waals surface area contributed by atoms with Gasteiger partial charge in [-0.05, 0) is 19.1 Å². The van der Waals surface area contributed by atoms with E-state index in [1.807, 2.05) is 0 Å². The van der Waals surface area contributed by atoms with Crippen molar-refractivity contribution in [2.24, 2.45) is 0 Å². The molecule has 0 aliphatic carbocycles. The fourth-order valence-corrected chi connectivity index (χ4v) is 0.993. The van der Waals surface area contributed by atoms with Gasteiger partial charge in [-0.3, -0.25) is 0 Å². The molecule has 0 aliphatic heterocycles. The third kappa shape index (κ3) is 2.60. The smallest absolute Gasteiger partial charge is 0.342 e. The van der Waals surface area contributed by atoms with Crippen LogP contribution in [0.15, 0.2) is 18.2 Å². The van der Waals surface area contributed by atoms with Crippen LogP contribution in [0.3, 0.4) is 0 Å². The summed E-state index contributed by atoms with van der Waals surface area (Å²) in [6.45, 7) is 1.58. The van der Waals surface area contributed by atoms with Crippen molar-refractivity contribution in [3.8, 4) is 5.75 Å². The maximum Gasteiger partial charge on any atom is 0.342 e. The van der Waals surface area contributed by atoms with Gasteiger partial charge in [0.05, 0.1) is 11.3 Å². The summed E-state index contributed by atoms with van der Waals surface area (Å²) in [5.74, 6) is -0.771. The number of carbonyl (C=O) groups excluding carboxylic acids is 1. The lowest BCUT2D eigenvalue weighted by molar-refractivity contribution is -0.0772. The number of esters is 1. The van der Waals surface area contributed by atoms with Crippen LogP contribution in [-0.2, 0) is 9.47 Å². The number of carbonyl (C=O) groups is 1. The number of methoxy groups -OCH3 is 1. The average Bonchev–Trinajstić information content (AvgIpc) is 2.21. The maximum atomic E-state index is 11.5. The second-order valence-corrected chi connectivity index (χ2v) is 2.95. The first kappa shape index (κ1) is 11.3. The number of hydrogen-bond donors (Lipinski definition) is 2. The van der Waals surface area contributed by atoms with Crippen LogP contribution in [0.5, 0.6) is 5.75 Å². The van der Waals surface area contributed by atoms with E-state index in [1.54, 1.807) is 6.92 Å². The Kier molecular flexibility index (Phi) is 3.51. The predicted molar refractivity (Wildman–Crippen MR) is 54.4 cm³/mol. The van der Waals surface area contributed by atoms with Crippen molar-refractivity contribution in [1.82, 2.24) is 0 Å². The van der Waals surface area contributed by atoms with E-state index in [4.69, 9.17) is 15.2 Å². The minimum atomic E-state index is -0.653. The summed E-state index contributed by atoms with van der Waals surface area (Å²) >= 11 is 0. The van der Waals surface area contributed by atoms with Gasteiger partial charge in [-0.25, -0.2) is 4.79 Å². The molecule has 5 nitrogen and oxygen atoms in total. The van der Waals surface area contributed by atoms with Crippen molar-refractivity contribution in [3.63, 3.8) is 0 Å². The van der Waals surface area contributed by atoms with Gasteiger partial charge in [-0.1, -0.05) is 6.07 Å². The number of benzene rings is 1. The summed E-state index contributed by atoms with van der Waals surface area (Å²) in [6.07, 6.45) is -0.653. The van der Waals surface area contributed by atoms with E-state index >= 15 is 0 Å². The molecule has 3 N–H and O–H groups in total. The first-order valence-electron chi connectivity index (χ1n) is 4.37. The second kappa shape index (κ2) is 4.65. The van der Waals surface area contributed by atoms with Crippen LogP contribution < -0.4 is 5.73 Å². The van der Waals surface area contributed by atoms with Crippen molar-refractivity contribution < 1.29 is 19.4 Å². The molecule has 1 rings (SSSR count). The monoisotopic (exact) mass is 211 g/mol. The molecule has 0 saturated carbocycles. The first-order chi connectivity index (χ1) is 7.06. The van der Waals surface area contributed by atoms with Crippen molar-refractivity contribution in [2.45, 2.75) is 13.2 Å². The molecular weight excluding hydrogens is 198 g/mol. The molecule has 1 atom stereocenters. The number of rotatable bonds is 3. The van der Waals surface area contributed by atoms with Gasteiger partial charge in [0, 0.05) is 7.11 Å². The van der Waals surface area contributed by atoms with Crippen molar-refractivity contribution in [3.05, 3.63) is 23.8 Å². The molecule has 5 heteroatoms. The summed E-state index contributed by atoms with van der Waals surface area (Å²) in [6, 6.07) is 4.38. The third-order valence-corrected chi connectivity index (χ3v) is 1.91. The van der Waals surface area contributed by atoms with E-state index in [2.05, 4.69) is 0 Å². The molecule has 0 radical (unpaired) electrons. The molecule has 0 bridgehead atoms. The molecule has 15 heavy (non-hydrogen) atoms. The Labute approximate surface area is 87.4 Å². The molecular formula is C10H13NO4. The number of phenols is 1. The van der Waals surface area contributed by atoms with Gasteiger partial charge in [0.1, 0.15) is 5.75 Å². The highest BCUT2D eigenvalue weighted by Crippen LogP contribution is 2.24. The van der Waals surface area contributed by atoms with Gasteiger partial charge in [-0.15, -0.1) is 0 Å². The molecule has 0 heterocycles. The minimum absolute atomic E-state index is 0.00537. The van der Waals surface area contributed by atoms with E-state index in [0.717, 1.165) is 0 Å². The quantitative estimate of drug-likeness (QED) is 0.339. The number of para-hydroxylation sites is 1. The zero-order valence-electron chi connectivity index (χ0n) is 8.56. The van der Waals surface area contributed by atoms with E-state index in [0.29, 0.717) is 0 Å². The minimum Gasteiger partial charge on any atom is -0.506 e. The van der Waals surface area contributed by atoms with Crippen LogP contribution in [0.25, 0.3) is 0 Å². The first-order valence-corrected chi connectivity index (χ1v) is 4.37. The number of ether oxygens (including phenoxy) is 2. The van der Waals surface area contributed by atoms with E-state index in [9.17, 15) is 9.90 Å². The lowest BCUT2D eigenvalue weighted by atomic mass is 10.1. The molecule has 1 aromatic rings. The fourth-order valence-electron chi connectivity index (χ4n) is 0.993. The molecule has 0 saturated heterocycles. The summed E-state index contributed by atoms with van der Waals surface area (Å²) in [4.78, 5) is 11.5. The predicted octanol–water partition coefficient (Wildman–Crippen LogP) is 1.12. The molecule has 0 spiro atoms. The topological polar surface area (TPSA) is 81.8 Å². The molecule has 0 aromatic heterocycles. The van der Waals surface area contributed by atoms with E-state index in [-0.39, 0.29) is 17.0 Å². The van der Waals surface area contributed by atoms with Crippen LogP contribution in [0.1, 0.15) is 17.3 Å². The van der Waals surface area contributed by atoms with Gasteiger partial charge < -0.3 is 20.3 Å². The largest absolute Gasteiger partial charge is 0.506 e. The molecule has 1 aromatic carbocycles. The zero-order chi connectivity index (χ0) is 11.4. The highest BCUT2D eigenvalue weighted by atomic mass is 16.7. The van der Waals surface area contributed by atoms with Gasteiger partial charge in [0.15, 0.2) is 6.29 Å². The number of hydrogen-bond acceptors (Lipinski definition) is 5. The fraction of sp³-hybridized carbons (Fsp3) is 0.300. The van der Waals surface area contributed by atoms with Crippen LogP contribution in [0.2, 0.25) is 0 Å². The summed E-state index contributed by atoms with van der Waals surface area (Å²) in [5.41, 5.74) is 5.64. The van der Waals surface area contributed by atoms with E-state index < -0.39 is 12.3 Å². The number of nitrogen functional groups attached to an aromatic ring is 1. The van der Waals surface area contributed by atoms with Crippen LogP contribution in [-0.4, -0.2) is 24.5 Å². The number of phenolic OH excluding ortho intramolecular Hbond substituents is 1. The highest BCUT2D eigenvalue weighted by molar-refractivity contribution is 5.96. The van der Waals surface area contributed by atoms with Gasteiger partial charge >= 0.3 is 5.97 Å². The van der Waals surface area contributed by atoms with Gasteiger partial charge in [0.2, 0.25) is 0 Å². The molecule has 1 unspecified atom stereocenters. The Morgan fingerprint density at radius 2 is 2.20 bits per heavy atom. The van der Waals surface area contributed by atoms with Crippen LogP contribution in [0, 0.1) is 0 Å². The van der Waals surface area contributed by atoms with Crippen LogP contribution in [0.4, 0.5) is 5.69 Å². The Bertz CT molecular complexity index is 364. The van der Waals surface area contributed by atoms with Crippen molar-refractivity contribution >= 4 is 11.7 Å². The Hall–Kier alpha value is -1.75. The standard InChI is InChI=1S/C10H13NO4/c1-6(14-2)15-10(13)7-4-3-5-8(12)9(7)11/h3-6,12H,11H2,1-2H3. The SMILES string of the molecule is COC(C)OC(=O)c1cccc(O)c1N. The summed E-state index contributed by atoms with van der Waals surface area (Å²) < 4.78 is 9.64. The average molecular weight is 211 g/mol. The third-order valence-electron chi connectivity index (χ3n) is 1.91. The highest BCUT2D eigenvalue weighted by Gasteiger charge is 2.15. The number of nitrogens with two attached hydrogens (primary N) is 1. The lowest BCUT2D eigenvalue weighted by Gasteiger charge is -2.12. The molecule has 0 aliphatic rings. The second-order valence-electron chi connectivity index (χ2n) is 2.95. The number of aromatic hydroxyl groups is 1. The van der Waals surface area contributed by atoms with Crippen LogP contribution >= 0.6 is 0 Å². The Morgan fingerprint density at radius 3 is 2.80 bits per heavy atom. The van der Waals surface area contributed by atoms with E-state index in [1.165, 1.54) is 25.3 Å². The molecule has 82 valence electrons. The normalized spacial score (nSPS) is 12.1. The van der Waals surface area contributed by atoms with Crippen molar-refractivity contribution in [2.75, 3.05) is 12.8 Å².